The highest BCUT2D eigenvalue weighted by Crippen LogP contribution is 2.23. The van der Waals surface area contributed by atoms with E-state index in [9.17, 15) is 0 Å². The van der Waals surface area contributed by atoms with Crippen LogP contribution in [0.1, 0.15) is 19.4 Å². The van der Waals surface area contributed by atoms with Crippen LogP contribution in [-0.2, 0) is 6.54 Å². The van der Waals surface area contributed by atoms with Gasteiger partial charge in [0.1, 0.15) is 0 Å². The molecule has 1 aromatic carbocycles. The lowest BCUT2D eigenvalue weighted by Crippen LogP contribution is -2.07. The summed E-state index contributed by atoms with van der Waals surface area (Å²) in [6.45, 7) is 7.97. The topological polar surface area (TPSA) is 42.7 Å². The number of aryl methyl sites for hydroxylation is 1. The first-order valence-corrected chi connectivity index (χ1v) is 6.01. The van der Waals surface area contributed by atoms with E-state index >= 15 is 0 Å². The van der Waals surface area contributed by atoms with Crippen molar-refractivity contribution in [2.24, 2.45) is 0 Å². The van der Waals surface area contributed by atoms with Crippen LogP contribution in [0.5, 0.6) is 0 Å². The molecule has 0 aliphatic carbocycles. The molecule has 0 fully saturated rings. The maximum absolute atomic E-state index is 4.29. The first kappa shape index (κ1) is 11.6. The minimum absolute atomic E-state index is 0.841. The van der Waals surface area contributed by atoms with Gasteiger partial charge in [-0.15, -0.1) is 10.2 Å². The van der Waals surface area contributed by atoms with Crippen LogP contribution in [0.25, 0.3) is 11.4 Å². The predicted molar refractivity (Wildman–Crippen MR) is 70.0 cm³/mol. The Morgan fingerprint density at radius 3 is 2.59 bits per heavy atom. The number of anilines is 1. The molecule has 4 heteroatoms. The van der Waals surface area contributed by atoms with Crippen LogP contribution in [0.3, 0.4) is 0 Å². The van der Waals surface area contributed by atoms with Crippen molar-refractivity contribution in [1.82, 2.24) is 14.8 Å². The van der Waals surface area contributed by atoms with Gasteiger partial charge in [0.2, 0.25) is 5.95 Å². The molecule has 2 aromatic rings. The van der Waals surface area contributed by atoms with Gasteiger partial charge in [0.25, 0.3) is 0 Å². The Morgan fingerprint density at radius 1 is 1.18 bits per heavy atom. The van der Waals surface area contributed by atoms with E-state index in [1.165, 1.54) is 5.56 Å². The fraction of sp³-hybridized carbons (Fsp3) is 0.385. The number of nitrogens with one attached hydrogen (secondary N) is 1. The smallest absolute Gasteiger partial charge is 0.224 e. The molecule has 90 valence electrons. The van der Waals surface area contributed by atoms with Gasteiger partial charge >= 0.3 is 0 Å². The van der Waals surface area contributed by atoms with Crippen LogP contribution in [0.4, 0.5) is 5.95 Å². The number of nitrogens with zero attached hydrogens (tertiary/aromatic N) is 3. The summed E-state index contributed by atoms with van der Waals surface area (Å²) in [7, 11) is 0. The molecule has 0 bridgehead atoms. The summed E-state index contributed by atoms with van der Waals surface area (Å²) in [4.78, 5) is 0. The number of hydrogen-bond donors (Lipinski definition) is 1. The van der Waals surface area contributed by atoms with Gasteiger partial charge in [-0.3, -0.25) is 4.57 Å². The molecule has 0 spiro atoms. The Hall–Kier alpha value is -1.84. The monoisotopic (exact) mass is 230 g/mol. The Balaban J connectivity index is 2.49. The van der Waals surface area contributed by atoms with E-state index < -0.39 is 0 Å². The summed E-state index contributed by atoms with van der Waals surface area (Å²) >= 11 is 0. The largest absolute Gasteiger partial charge is 0.355 e. The third kappa shape index (κ3) is 2.16. The molecule has 17 heavy (non-hydrogen) atoms. The van der Waals surface area contributed by atoms with E-state index in [-0.39, 0.29) is 0 Å². The van der Waals surface area contributed by atoms with Gasteiger partial charge in [-0.2, -0.15) is 0 Å². The zero-order valence-electron chi connectivity index (χ0n) is 10.6. The van der Waals surface area contributed by atoms with Gasteiger partial charge in [-0.25, -0.2) is 0 Å². The lowest BCUT2D eigenvalue weighted by molar-refractivity contribution is 0.770. The number of aromatic nitrogens is 3. The Morgan fingerprint density at radius 2 is 1.94 bits per heavy atom. The van der Waals surface area contributed by atoms with Crippen molar-refractivity contribution in [2.75, 3.05) is 11.9 Å². The van der Waals surface area contributed by atoms with Crippen molar-refractivity contribution in [1.29, 1.82) is 0 Å². The van der Waals surface area contributed by atoms with Gasteiger partial charge in [-0.1, -0.05) is 24.3 Å². The summed E-state index contributed by atoms with van der Waals surface area (Å²) < 4.78 is 2.10. The van der Waals surface area contributed by atoms with Gasteiger partial charge in [0, 0.05) is 18.7 Å². The minimum Gasteiger partial charge on any atom is -0.355 e. The summed E-state index contributed by atoms with van der Waals surface area (Å²) in [5, 5.41) is 11.7. The van der Waals surface area contributed by atoms with Crippen LogP contribution < -0.4 is 5.32 Å². The number of rotatable bonds is 4. The summed E-state index contributed by atoms with van der Waals surface area (Å²) in [5.41, 5.74) is 2.36. The van der Waals surface area contributed by atoms with E-state index in [0.29, 0.717) is 0 Å². The van der Waals surface area contributed by atoms with E-state index in [1.54, 1.807) is 0 Å². The van der Waals surface area contributed by atoms with Crippen LogP contribution in [0, 0.1) is 6.92 Å². The third-order valence-corrected chi connectivity index (χ3v) is 2.79. The molecule has 1 heterocycles. The first-order chi connectivity index (χ1) is 8.27. The molecule has 1 N–H and O–H groups in total. The van der Waals surface area contributed by atoms with Crippen molar-refractivity contribution < 1.29 is 0 Å². The van der Waals surface area contributed by atoms with Crippen LogP contribution in [0.15, 0.2) is 24.3 Å². The van der Waals surface area contributed by atoms with Crippen LogP contribution in [-0.4, -0.2) is 21.3 Å². The lowest BCUT2D eigenvalue weighted by atomic mass is 10.1. The van der Waals surface area contributed by atoms with Gasteiger partial charge in [-0.05, 0) is 26.3 Å². The standard InChI is InChI=1S/C13H18N4/c1-4-14-13-16-15-12(17(13)5-2)11-9-7-6-8-10(11)3/h6-9H,4-5H2,1-3H3,(H,14,16). The zero-order valence-corrected chi connectivity index (χ0v) is 10.6. The SMILES string of the molecule is CCNc1nnc(-c2ccccc2C)n1CC. The van der Waals surface area contributed by atoms with Crippen molar-refractivity contribution in [3.05, 3.63) is 29.8 Å². The highest BCUT2D eigenvalue weighted by Gasteiger charge is 2.12. The number of benzene rings is 1. The zero-order chi connectivity index (χ0) is 12.3. The molecule has 0 aliphatic heterocycles. The second-order valence-corrected chi connectivity index (χ2v) is 3.94. The molecule has 0 amide bonds. The molecule has 0 atom stereocenters. The molecule has 2 rings (SSSR count). The minimum atomic E-state index is 0.841. The second-order valence-electron chi connectivity index (χ2n) is 3.94. The quantitative estimate of drug-likeness (QED) is 0.878. The fourth-order valence-corrected chi connectivity index (χ4v) is 1.91. The van der Waals surface area contributed by atoms with Crippen molar-refractivity contribution in [2.45, 2.75) is 27.3 Å². The van der Waals surface area contributed by atoms with Crippen LogP contribution in [0.2, 0.25) is 0 Å². The van der Waals surface area contributed by atoms with Crippen molar-refractivity contribution >= 4 is 5.95 Å². The highest BCUT2D eigenvalue weighted by atomic mass is 15.3. The number of hydrogen-bond acceptors (Lipinski definition) is 3. The van der Waals surface area contributed by atoms with Crippen molar-refractivity contribution in [3.63, 3.8) is 0 Å². The molecule has 0 aliphatic rings. The fourth-order valence-electron chi connectivity index (χ4n) is 1.91. The van der Waals surface area contributed by atoms with E-state index in [4.69, 9.17) is 0 Å². The van der Waals surface area contributed by atoms with Crippen molar-refractivity contribution in [3.8, 4) is 11.4 Å². The molecule has 1 aromatic heterocycles. The third-order valence-electron chi connectivity index (χ3n) is 2.79. The average Bonchev–Trinajstić information content (AvgIpc) is 2.73. The molecular formula is C13H18N4. The summed E-state index contributed by atoms with van der Waals surface area (Å²) in [5.74, 6) is 1.77. The van der Waals surface area contributed by atoms with Gasteiger partial charge in [0.15, 0.2) is 5.82 Å². The van der Waals surface area contributed by atoms with Gasteiger partial charge < -0.3 is 5.32 Å². The Labute approximate surface area is 102 Å². The molecule has 4 nitrogen and oxygen atoms in total. The average molecular weight is 230 g/mol. The molecule has 0 saturated heterocycles. The highest BCUT2D eigenvalue weighted by molar-refractivity contribution is 5.61. The Kier molecular flexibility index (Phi) is 3.42. The van der Waals surface area contributed by atoms with Gasteiger partial charge in [0.05, 0.1) is 0 Å². The second kappa shape index (κ2) is 4.99. The Bertz CT molecular complexity index is 502. The van der Waals surface area contributed by atoms with E-state index in [0.717, 1.165) is 30.4 Å². The summed E-state index contributed by atoms with van der Waals surface area (Å²) in [6.07, 6.45) is 0. The van der Waals surface area contributed by atoms with E-state index in [2.05, 4.69) is 53.0 Å². The molecule has 0 radical (unpaired) electrons. The van der Waals surface area contributed by atoms with Crippen LogP contribution >= 0.6 is 0 Å². The molecular weight excluding hydrogens is 212 g/mol. The maximum Gasteiger partial charge on any atom is 0.224 e. The normalized spacial score (nSPS) is 10.5. The lowest BCUT2D eigenvalue weighted by Gasteiger charge is -2.09. The molecule has 0 unspecified atom stereocenters. The van der Waals surface area contributed by atoms with E-state index in [1.807, 2.05) is 12.1 Å². The maximum atomic E-state index is 4.29. The predicted octanol–water partition coefficient (Wildman–Crippen LogP) is 2.71. The summed E-state index contributed by atoms with van der Waals surface area (Å²) in [6, 6.07) is 8.25. The first-order valence-electron chi connectivity index (χ1n) is 6.01. The molecule has 0 saturated carbocycles.